The van der Waals surface area contributed by atoms with Gasteiger partial charge in [0.1, 0.15) is 6.20 Å². The first-order valence-electron chi connectivity index (χ1n) is 4.13. The van der Waals surface area contributed by atoms with Crippen molar-refractivity contribution in [1.29, 1.82) is 0 Å². The average molecular weight is 150 g/mol. The van der Waals surface area contributed by atoms with Crippen LogP contribution in [-0.4, -0.2) is 23.3 Å². The van der Waals surface area contributed by atoms with Gasteiger partial charge in [-0.25, -0.2) is 0 Å². The van der Waals surface area contributed by atoms with Crippen LogP contribution in [0, 0.1) is 6.20 Å². The van der Waals surface area contributed by atoms with Gasteiger partial charge in [0.25, 0.3) is 0 Å². The summed E-state index contributed by atoms with van der Waals surface area (Å²) >= 11 is 0. The van der Waals surface area contributed by atoms with Crippen molar-refractivity contribution in [2.45, 2.75) is 19.3 Å². The minimum absolute atomic E-state index is 1.12. The molecule has 1 aromatic rings. The van der Waals surface area contributed by atoms with Crippen LogP contribution in [0.1, 0.15) is 19.3 Å². The molecule has 0 amide bonds. The standard InChI is InChI=1S/C8H12N3/c1-2-4-11(5-3-1)8-6-9-10-7-8/h6H,1-5H2,(H,9,10). The number of hydrogen-bond donors (Lipinski definition) is 1. The molecular weight excluding hydrogens is 138 g/mol. The van der Waals surface area contributed by atoms with Crippen LogP contribution >= 0.6 is 0 Å². The summed E-state index contributed by atoms with van der Waals surface area (Å²) in [6.07, 6.45) is 8.81. The maximum atomic E-state index is 3.81. The number of anilines is 1. The SMILES string of the molecule is [c]1n[nH]cc1N1CCCCC1. The number of hydrogen-bond acceptors (Lipinski definition) is 2. The Bertz CT molecular complexity index is 199. The molecule has 0 unspecified atom stereocenters. The number of nitrogens with zero attached hydrogens (tertiary/aromatic N) is 2. The molecule has 0 aliphatic carbocycles. The number of aromatic amines is 1. The van der Waals surface area contributed by atoms with Crippen LogP contribution in [0.25, 0.3) is 0 Å². The van der Waals surface area contributed by atoms with Crippen LogP contribution in [0.15, 0.2) is 6.20 Å². The Labute approximate surface area is 66.4 Å². The Balaban J connectivity index is 2.04. The molecule has 1 N–H and O–H groups in total. The quantitative estimate of drug-likeness (QED) is 0.652. The van der Waals surface area contributed by atoms with Crippen molar-refractivity contribution in [3.05, 3.63) is 12.4 Å². The molecule has 2 rings (SSSR count). The van der Waals surface area contributed by atoms with Crippen molar-refractivity contribution in [2.75, 3.05) is 18.0 Å². The zero-order chi connectivity index (χ0) is 7.52. The molecule has 3 nitrogen and oxygen atoms in total. The van der Waals surface area contributed by atoms with Crippen molar-refractivity contribution < 1.29 is 0 Å². The molecule has 1 aliphatic heterocycles. The van der Waals surface area contributed by atoms with E-state index < -0.39 is 0 Å². The van der Waals surface area contributed by atoms with Crippen LogP contribution in [0.4, 0.5) is 5.69 Å². The fourth-order valence-electron chi connectivity index (χ4n) is 1.51. The van der Waals surface area contributed by atoms with Crippen LogP contribution in [0.2, 0.25) is 0 Å². The lowest BCUT2D eigenvalue weighted by molar-refractivity contribution is 0.578. The Kier molecular flexibility index (Phi) is 1.79. The van der Waals surface area contributed by atoms with Crippen molar-refractivity contribution in [3.63, 3.8) is 0 Å². The van der Waals surface area contributed by atoms with Crippen LogP contribution in [-0.2, 0) is 0 Å². The second kappa shape index (κ2) is 2.95. The van der Waals surface area contributed by atoms with Gasteiger partial charge in [-0.3, -0.25) is 5.10 Å². The van der Waals surface area contributed by atoms with E-state index in [2.05, 4.69) is 21.3 Å². The summed E-state index contributed by atoms with van der Waals surface area (Å²) in [5, 5.41) is 6.59. The van der Waals surface area contributed by atoms with Crippen LogP contribution in [0.5, 0.6) is 0 Å². The summed E-state index contributed by atoms with van der Waals surface area (Å²) in [7, 11) is 0. The second-order valence-electron chi connectivity index (χ2n) is 2.93. The largest absolute Gasteiger partial charge is 0.368 e. The third kappa shape index (κ3) is 1.37. The van der Waals surface area contributed by atoms with E-state index in [9.17, 15) is 0 Å². The van der Waals surface area contributed by atoms with E-state index in [0.29, 0.717) is 0 Å². The van der Waals surface area contributed by atoms with E-state index in [4.69, 9.17) is 0 Å². The Morgan fingerprint density at radius 3 is 2.82 bits per heavy atom. The summed E-state index contributed by atoms with van der Waals surface area (Å²) in [4.78, 5) is 2.33. The molecule has 1 fully saturated rings. The van der Waals surface area contributed by atoms with Gasteiger partial charge in [0.2, 0.25) is 0 Å². The lowest BCUT2D eigenvalue weighted by atomic mass is 10.1. The molecule has 0 bridgehead atoms. The van der Waals surface area contributed by atoms with Crippen molar-refractivity contribution in [3.8, 4) is 0 Å². The Morgan fingerprint density at radius 1 is 1.36 bits per heavy atom. The maximum Gasteiger partial charge on any atom is 0.138 e. The van der Waals surface area contributed by atoms with Gasteiger partial charge in [0.15, 0.2) is 0 Å². The second-order valence-corrected chi connectivity index (χ2v) is 2.93. The predicted octanol–water partition coefficient (Wildman–Crippen LogP) is 1.20. The zero-order valence-corrected chi connectivity index (χ0v) is 6.51. The van der Waals surface area contributed by atoms with Crippen LogP contribution in [0.3, 0.4) is 0 Å². The average Bonchev–Trinajstić information content (AvgIpc) is 2.58. The number of nitrogens with one attached hydrogen (secondary N) is 1. The molecule has 0 spiro atoms. The lowest BCUT2D eigenvalue weighted by Crippen LogP contribution is -2.28. The smallest absolute Gasteiger partial charge is 0.138 e. The molecule has 3 heteroatoms. The number of H-pyrrole nitrogens is 1. The first-order valence-corrected chi connectivity index (χ1v) is 4.13. The van der Waals surface area contributed by atoms with Gasteiger partial charge in [-0.15, -0.1) is 0 Å². The highest BCUT2D eigenvalue weighted by Gasteiger charge is 2.10. The van der Waals surface area contributed by atoms with E-state index >= 15 is 0 Å². The zero-order valence-electron chi connectivity index (χ0n) is 6.51. The summed E-state index contributed by atoms with van der Waals surface area (Å²) in [5.41, 5.74) is 1.12. The first-order chi connectivity index (χ1) is 5.47. The van der Waals surface area contributed by atoms with Gasteiger partial charge in [-0.1, -0.05) is 0 Å². The minimum atomic E-state index is 1.12. The van der Waals surface area contributed by atoms with Gasteiger partial charge >= 0.3 is 0 Å². The van der Waals surface area contributed by atoms with Gasteiger partial charge in [0, 0.05) is 19.3 Å². The highest BCUT2D eigenvalue weighted by atomic mass is 15.2. The summed E-state index contributed by atoms with van der Waals surface area (Å²) < 4.78 is 0. The number of rotatable bonds is 1. The molecule has 0 aromatic carbocycles. The summed E-state index contributed by atoms with van der Waals surface area (Å²) in [6.45, 7) is 2.33. The minimum Gasteiger partial charge on any atom is -0.368 e. The fraction of sp³-hybridized carbons (Fsp3) is 0.625. The molecular formula is C8H12N3. The van der Waals surface area contributed by atoms with Crippen molar-refractivity contribution in [2.24, 2.45) is 0 Å². The molecule has 59 valence electrons. The third-order valence-corrected chi connectivity index (χ3v) is 2.13. The topological polar surface area (TPSA) is 31.9 Å². The summed E-state index contributed by atoms with van der Waals surface area (Å²) in [5.74, 6) is 0. The van der Waals surface area contributed by atoms with Gasteiger partial charge in [-0.2, -0.15) is 5.10 Å². The van der Waals surface area contributed by atoms with E-state index in [1.165, 1.54) is 19.3 Å². The van der Waals surface area contributed by atoms with Gasteiger partial charge < -0.3 is 4.90 Å². The Morgan fingerprint density at radius 2 is 2.18 bits per heavy atom. The third-order valence-electron chi connectivity index (χ3n) is 2.13. The monoisotopic (exact) mass is 150 g/mol. The fourth-order valence-corrected chi connectivity index (χ4v) is 1.51. The van der Waals surface area contributed by atoms with Gasteiger partial charge in [-0.05, 0) is 19.3 Å². The summed E-state index contributed by atoms with van der Waals surface area (Å²) in [6, 6.07) is 0. The van der Waals surface area contributed by atoms with E-state index in [1.54, 1.807) is 0 Å². The van der Waals surface area contributed by atoms with E-state index in [0.717, 1.165) is 18.8 Å². The highest BCUT2D eigenvalue weighted by Crippen LogP contribution is 2.16. The molecule has 1 radical (unpaired) electrons. The normalized spacial score (nSPS) is 18.7. The molecule has 1 aromatic heterocycles. The molecule has 0 atom stereocenters. The first kappa shape index (κ1) is 6.70. The molecule has 0 saturated carbocycles. The predicted molar refractivity (Wildman–Crippen MR) is 43.5 cm³/mol. The lowest BCUT2D eigenvalue weighted by Gasteiger charge is -2.26. The number of piperidine rings is 1. The molecule has 11 heavy (non-hydrogen) atoms. The highest BCUT2D eigenvalue weighted by molar-refractivity contribution is 5.40. The van der Waals surface area contributed by atoms with Gasteiger partial charge in [0.05, 0.1) is 5.69 Å². The van der Waals surface area contributed by atoms with E-state index in [-0.39, 0.29) is 0 Å². The Hall–Kier alpha value is -0.990. The van der Waals surface area contributed by atoms with Crippen molar-refractivity contribution >= 4 is 5.69 Å². The number of aromatic nitrogens is 2. The maximum absolute atomic E-state index is 3.81. The molecule has 1 saturated heterocycles. The van der Waals surface area contributed by atoms with E-state index in [1.807, 2.05) is 6.20 Å². The molecule has 2 heterocycles. The van der Waals surface area contributed by atoms with Crippen molar-refractivity contribution in [1.82, 2.24) is 10.2 Å². The molecule has 1 aliphatic rings. The van der Waals surface area contributed by atoms with Crippen LogP contribution < -0.4 is 4.90 Å².